The van der Waals surface area contributed by atoms with Crippen molar-refractivity contribution in [2.75, 3.05) is 19.4 Å². The van der Waals surface area contributed by atoms with E-state index in [1.807, 2.05) is 6.07 Å². The molecule has 9 nitrogen and oxygen atoms in total. The molecule has 0 aliphatic carbocycles. The van der Waals surface area contributed by atoms with Crippen LogP contribution in [0.15, 0.2) is 36.0 Å². The summed E-state index contributed by atoms with van der Waals surface area (Å²) in [5.74, 6) is -1.79. The lowest BCUT2D eigenvalue weighted by molar-refractivity contribution is -0.148. The standard InChI is InChI=1S/C20H24N4O5/c1-13(21-15-6-4-5-14(10-15)11-18(27)23(2)3)9-19(28)24(12-25)16-7-8-17(26)22-20(16)29/h4-6,9-10,12,16,21H,7-8,11H2,1-3H3,(H,22,26,29)/b13-9+. The van der Waals surface area contributed by atoms with Gasteiger partial charge in [0.05, 0.1) is 6.42 Å². The number of likely N-dealkylation sites (N-methyl/N-ethyl adjacent to an activating group) is 1. The van der Waals surface area contributed by atoms with Gasteiger partial charge in [0.1, 0.15) is 6.04 Å². The van der Waals surface area contributed by atoms with E-state index in [0.717, 1.165) is 10.5 Å². The number of hydrogen-bond acceptors (Lipinski definition) is 6. The summed E-state index contributed by atoms with van der Waals surface area (Å²) in [7, 11) is 3.37. The summed E-state index contributed by atoms with van der Waals surface area (Å²) in [6, 6.07) is 6.18. The van der Waals surface area contributed by atoms with Crippen LogP contribution >= 0.6 is 0 Å². The molecule has 1 saturated heterocycles. The van der Waals surface area contributed by atoms with Crippen molar-refractivity contribution in [3.8, 4) is 0 Å². The van der Waals surface area contributed by atoms with E-state index in [4.69, 9.17) is 0 Å². The zero-order chi connectivity index (χ0) is 21.6. The van der Waals surface area contributed by atoms with Crippen LogP contribution < -0.4 is 10.6 Å². The summed E-state index contributed by atoms with van der Waals surface area (Å²) in [6.07, 6.45) is 1.90. The molecule has 5 amide bonds. The minimum absolute atomic E-state index is 0.0320. The molecule has 0 radical (unpaired) electrons. The first kappa shape index (κ1) is 21.8. The summed E-state index contributed by atoms with van der Waals surface area (Å²) in [4.78, 5) is 61.1. The predicted molar refractivity (Wildman–Crippen MR) is 105 cm³/mol. The van der Waals surface area contributed by atoms with Gasteiger partial charge in [-0.15, -0.1) is 0 Å². The molecule has 0 aromatic heterocycles. The highest BCUT2D eigenvalue weighted by Crippen LogP contribution is 2.15. The first-order valence-electron chi connectivity index (χ1n) is 9.07. The number of amides is 5. The topological polar surface area (TPSA) is 116 Å². The van der Waals surface area contributed by atoms with Crippen LogP contribution in [-0.2, 0) is 30.4 Å². The SMILES string of the molecule is C/C(=C\C(=O)N(C=O)C1CCC(=O)NC1=O)Nc1cccc(CC(=O)N(C)C)c1. The van der Waals surface area contributed by atoms with Gasteiger partial charge in [-0.1, -0.05) is 12.1 Å². The van der Waals surface area contributed by atoms with Gasteiger partial charge < -0.3 is 10.2 Å². The Morgan fingerprint density at radius 1 is 1.28 bits per heavy atom. The molecule has 29 heavy (non-hydrogen) atoms. The maximum Gasteiger partial charge on any atom is 0.255 e. The summed E-state index contributed by atoms with van der Waals surface area (Å²) in [6.45, 7) is 1.64. The lowest BCUT2D eigenvalue weighted by Crippen LogP contribution is -2.53. The number of rotatable bonds is 7. The number of nitrogens with one attached hydrogen (secondary N) is 2. The summed E-state index contributed by atoms with van der Waals surface area (Å²) in [5, 5.41) is 5.16. The van der Waals surface area contributed by atoms with E-state index in [1.54, 1.807) is 39.2 Å². The van der Waals surface area contributed by atoms with Gasteiger partial charge in [-0.05, 0) is 31.0 Å². The zero-order valence-corrected chi connectivity index (χ0v) is 16.6. The number of anilines is 1. The van der Waals surface area contributed by atoms with Crippen LogP contribution in [0.3, 0.4) is 0 Å². The zero-order valence-electron chi connectivity index (χ0n) is 16.6. The monoisotopic (exact) mass is 400 g/mol. The number of hydrogen-bond donors (Lipinski definition) is 2. The number of carbonyl (C=O) groups excluding carboxylic acids is 5. The van der Waals surface area contributed by atoms with E-state index in [0.29, 0.717) is 17.8 Å². The molecule has 0 spiro atoms. The normalized spacial score (nSPS) is 16.7. The van der Waals surface area contributed by atoms with Gasteiger partial charge in [-0.3, -0.25) is 34.2 Å². The van der Waals surface area contributed by atoms with E-state index in [-0.39, 0.29) is 25.2 Å². The van der Waals surface area contributed by atoms with Crippen LogP contribution in [0.1, 0.15) is 25.3 Å². The second-order valence-electron chi connectivity index (χ2n) is 6.94. The minimum atomic E-state index is -1.01. The van der Waals surface area contributed by atoms with Crippen molar-refractivity contribution in [3.05, 3.63) is 41.6 Å². The first-order valence-corrected chi connectivity index (χ1v) is 9.07. The Balaban J connectivity index is 2.07. The summed E-state index contributed by atoms with van der Waals surface area (Å²) < 4.78 is 0. The number of benzene rings is 1. The second kappa shape index (κ2) is 9.63. The lowest BCUT2D eigenvalue weighted by Gasteiger charge is -2.27. The van der Waals surface area contributed by atoms with E-state index in [9.17, 15) is 24.0 Å². The van der Waals surface area contributed by atoms with Crippen molar-refractivity contribution < 1.29 is 24.0 Å². The molecule has 1 aromatic rings. The molecular formula is C20H24N4O5. The van der Waals surface area contributed by atoms with Crippen molar-refractivity contribution in [3.63, 3.8) is 0 Å². The summed E-state index contributed by atoms with van der Waals surface area (Å²) >= 11 is 0. The maximum absolute atomic E-state index is 12.5. The van der Waals surface area contributed by atoms with Crippen molar-refractivity contribution in [1.29, 1.82) is 0 Å². The number of nitrogens with zero attached hydrogens (tertiary/aromatic N) is 2. The molecule has 1 heterocycles. The van der Waals surface area contributed by atoms with E-state index in [2.05, 4.69) is 10.6 Å². The van der Waals surface area contributed by atoms with Gasteiger partial charge in [0.2, 0.25) is 24.1 Å². The van der Waals surface area contributed by atoms with Gasteiger partial charge >= 0.3 is 0 Å². The quantitative estimate of drug-likeness (QED) is 0.389. The predicted octanol–water partition coefficient (Wildman–Crippen LogP) is 0.423. The van der Waals surface area contributed by atoms with Crippen LogP contribution in [-0.4, -0.2) is 60.0 Å². The minimum Gasteiger partial charge on any atom is -0.359 e. The summed E-state index contributed by atoms with van der Waals surface area (Å²) in [5.41, 5.74) is 1.94. The largest absolute Gasteiger partial charge is 0.359 e. The second-order valence-corrected chi connectivity index (χ2v) is 6.94. The fourth-order valence-corrected chi connectivity index (χ4v) is 2.84. The van der Waals surface area contributed by atoms with E-state index in [1.165, 1.54) is 11.0 Å². The highest BCUT2D eigenvalue weighted by Gasteiger charge is 2.33. The lowest BCUT2D eigenvalue weighted by atomic mass is 10.0. The molecule has 154 valence electrons. The number of piperidine rings is 1. The van der Waals surface area contributed by atoms with Crippen LogP contribution in [0, 0.1) is 0 Å². The van der Waals surface area contributed by atoms with Crippen LogP contribution in [0.4, 0.5) is 5.69 Å². The average Bonchev–Trinajstić information content (AvgIpc) is 2.64. The van der Waals surface area contributed by atoms with Gasteiger partial charge in [0.15, 0.2) is 0 Å². The fraction of sp³-hybridized carbons (Fsp3) is 0.350. The van der Waals surface area contributed by atoms with Crippen molar-refractivity contribution >= 4 is 35.7 Å². The smallest absolute Gasteiger partial charge is 0.255 e. The molecule has 1 aromatic carbocycles. The highest BCUT2D eigenvalue weighted by molar-refractivity contribution is 6.05. The molecule has 0 bridgehead atoms. The Bertz CT molecular complexity index is 862. The maximum atomic E-state index is 12.5. The van der Waals surface area contributed by atoms with Gasteiger partial charge in [-0.25, -0.2) is 0 Å². The fourth-order valence-electron chi connectivity index (χ4n) is 2.84. The third-order valence-corrected chi connectivity index (χ3v) is 4.38. The molecule has 2 N–H and O–H groups in total. The third kappa shape index (κ3) is 6.00. The van der Waals surface area contributed by atoms with Gasteiger partial charge in [0, 0.05) is 38.0 Å². The number of imide groups is 2. The Labute approximate surface area is 168 Å². The molecule has 9 heteroatoms. The first-order chi connectivity index (χ1) is 13.7. The van der Waals surface area contributed by atoms with Gasteiger partial charge in [-0.2, -0.15) is 0 Å². The molecule has 1 atom stereocenters. The molecule has 2 rings (SSSR count). The number of allylic oxidation sites excluding steroid dienone is 1. The van der Waals surface area contributed by atoms with Crippen LogP contribution in [0.25, 0.3) is 0 Å². The molecule has 1 aliphatic rings. The van der Waals surface area contributed by atoms with Crippen molar-refractivity contribution in [2.45, 2.75) is 32.2 Å². The molecule has 1 aliphatic heterocycles. The van der Waals surface area contributed by atoms with E-state index >= 15 is 0 Å². The Morgan fingerprint density at radius 2 is 2.00 bits per heavy atom. The average molecular weight is 400 g/mol. The van der Waals surface area contributed by atoms with Crippen LogP contribution in [0.5, 0.6) is 0 Å². The molecule has 1 unspecified atom stereocenters. The Morgan fingerprint density at radius 3 is 2.62 bits per heavy atom. The molecule has 0 saturated carbocycles. The Kier molecular flexibility index (Phi) is 7.24. The van der Waals surface area contributed by atoms with Crippen molar-refractivity contribution in [2.24, 2.45) is 0 Å². The Hall–Kier alpha value is -3.49. The third-order valence-electron chi connectivity index (χ3n) is 4.38. The number of carbonyl (C=O) groups is 5. The molecular weight excluding hydrogens is 376 g/mol. The highest BCUT2D eigenvalue weighted by atomic mass is 16.2. The molecule has 1 fully saturated rings. The van der Waals surface area contributed by atoms with Crippen molar-refractivity contribution in [1.82, 2.24) is 15.1 Å². The van der Waals surface area contributed by atoms with Crippen LogP contribution in [0.2, 0.25) is 0 Å². The van der Waals surface area contributed by atoms with Gasteiger partial charge in [0.25, 0.3) is 5.91 Å². The van der Waals surface area contributed by atoms with E-state index < -0.39 is 23.8 Å².